The monoisotopic (exact) mass is 244 g/mol. The molecule has 0 spiro atoms. The number of rotatable bonds is 6. The zero-order chi connectivity index (χ0) is 11.4. The van der Waals surface area contributed by atoms with E-state index in [0.29, 0.717) is 25.0 Å². The van der Waals surface area contributed by atoms with Crippen molar-refractivity contribution in [1.82, 2.24) is 15.5 Å². The molecule has 7 heteroatoms. The van der Waals surface area contributed by atoms with E-state index in [2.05, 4.69) is 20.8 Å². The van der Waals surface area contributed by atoms with Gasteiger partial charge in [0.05, 0.1) is 0 Å². The lowest BCUT2D eigenvalue weighted by molar-refractivity contribution is -0.122. The molecule has 1 amide bonds. The summed E-state index contributed by atoms with van der Waals surface area (Å²) in [5.41, 5.74) is 0. The molecule has 0 radical (unpaired) electrons. The molecule has 1 fully saturated rings. The minimum atomic E-state index is 0.133. The summed E-state index contributed by atoms with van der Waals surface area (Å²) in [5, 5.41) is 13.1. The van der Waals surface area contributed by atoms with Crippen LogP contribution in [-0.2, 0) is 10.7 Å². The van der Waals surface area contributed by atoms with Crippen molar-refractivity contribution in [2.24, 2.45) is 5.92 Å². The first kappa shape index (κ1) is 11.2. The van der Waals surface area contributed by atoms with Crippen molar-refractivity contribution in [1.29, 1.82) is 0 Å². The lowest BCUT2D eigenvalue weighted by Gasteiger charge is -2.03. The number of halogens is 1. The smallest absolute Gasteiger partial charge is 0.315 e. The van der Waals surface area contributed by atoms with E-state index >= 15 is 0 Å². The highest BCUT2D eigenvalue weighted by Gasteiger charge is 2.28. The second kappa shape index (κ2) is 5.16. The number of carbonyl (C=O) groups is 1. The van der Waals surface area contributed by atoms with E-state index < -0.39 is 0 Å². The number of amides is 1. The molecular formula is C9H13ClN4O2. The molecule has 0 bridgehead atoms. The van der Waals surface area contributed by atoms with Gasteiger partial charge >= 0.3 is 6.01 Å². The maximum absolute atomic E-state index is 11.3. The second-order valence-corrected chi connectivity index (χ2v) is 3.89. The highest BCUT2D eigenvalue weighted by molar-refractivity contribution is 6.16. The van der Waals surface area contributed by atoms with Gasteiger partial charge in [-0.1, -0.05) is 5.10 Å². The van der Waals surface area contributed by atoms with Crippen LogP contribution in [0, 0.1) is 5.92 Å². The Labute approximate surface area is 97.7 Å². The molecule has 88 valence electrons. The number of nitrogens with zero attached hydrogens (tertiary/aromatic N) is 2. The quantitative estimate of drug-likeness (QED) is 0.570. The molecule has 1 aromatic rings. The Morgan fingerprint density at radius 2 is 2.25 bits per heavy atom. The number of carbonyl (C=O) groups excluding carboxylic acids is 1. The second-order valence-electron chi connectivity index (χ2n) is 3.63. The fourth-order valence-electron chi connectivity index (χ4n) is 1.22. The van der Waals surface area contributed by atoms with E-state index in [1.54, 1.807) is 0 Å². The largest absolute Gasteiger partial charge is 0.407 e. The molecule has 1 aliphatic rings. The van der Waals surface area contributed by atoms with Crippen LogP contribution in [0.5, 0.6) is 0 Å². The van der Waals surface area contributed by atoms with Crippen molar-refractivity contribution >= 4 is 23.5 Å². The van der Waals surface area contributed by atoms with Crippen molar-refractivity contribution in [3.63, 3.8) is 0 Å². The summed E-state index contributed by atoms with van der Waals surface area (Å²) >= 11 is 5.50. The van der Waals surface area contributed by atoms with Crippen LogP contribution in [0.1, 0.15) is 18.7 Å². The van der Waals surface area contributed by atoms with Gasteiger partial charge in [-0.3, -0.25) is 4.79 Å². The number of alkyl halides is 1. The molecule has 0 saturated heterocycles. The number of hydrogen-bond acceptors (Lipinski definition) is 5. The SMILES string of the molecule is O=C(NCCNc1nnc(CCl)o1)C1CC1. The fraction of sp³-hybridized carbons (Fsp3) is 0.667. The molecular weight excluding hydrogens is 232 g/mol. The van der Waals surface area contributed by atoms with Gasteiger partial charge in [0.2, 0.25) is 11.8 Å². The van der Waals surface area contributed by atoms with Crippen LogP contribution in [-0.4, -0.2) is 29.2 Å². The van der Waals surface area contributed by atoms with Gasteiger partial charge in [0.1, 0.15) is 5.88 Å². The van der Waals surface area contributed by atoms with Gasteiger partial charge in [-0.25, -0.2) is 0 Å². The van der Waals surface area contributed by atoms with E-state index in [4.69, 9.17) is 16.0 Å². The lowest BCUT2D eigenvalue weighted by Crippen LogP contribution is -2.29. The van der Waals surface area contributed by atoms with E-state index in [1.807, 2.05) is 0 Å². The average molecular weight is 245 g/mol. The standard InChI is InChI=1S/C9H13ClN4O2/c10-5-7-13-14-9(16-7)12-4-3-11-8(15)6-1-2-6/h6H,1-5H2,(H,11,15)(H,12,14). The van der Waals surface area contributed by atoms with Crippen LogP contribution >= 0.6 is 11.6 Å². The topological polar surface area (TPSA) is 80.0 Å². The Balaban J connectivity index is 1.61. The Bertz CT molecular complexity index is 364. The van der Waals surface area contributed by atoms with Gasteiger partial charge in [-0.15, -0.1) is 16.7 Å². The van der Waals surface area contributed by atoms with Crippen molar-refractivity contribution in [3.05, 3.63) is 5.89 Å². The maximum atomic E-state index is 11.3. The minimum Gasteiger partial charge on any atom is -0.407 e. The molecule has 0 aliphatic heterocycles. The third-order valence-corrected chi connectivity index (χ3v) is 2.46. The van der Waals surface area contributed by atoms with Crippen LogP contribution in [0.2, 0.25) is 0 Å². The van der Waals surface area contributed by atoms with Gasteiger partial charge in [0, 0.05) is 19.0 Å². The molecule has 1 aromatic heterocycles. The number of aromatic nitrogens is 2. The van der Waals surface area contributed by atoms with Crippen molar-refractivity contribution in [2.45, 2.75) is 18.7 Å². The van der Waals surface area contributed by atoms with Gasteiger partial charge in [0.15, 0.2) is 0 Å². The summed E-state index contributed by atoms with van der Waals surface area (Å²) in [6.07, 6.45) is 2.03. The van der Waals surface area contributed by atoms with E-state index in [1.165, 1.54) is 0 Å². The van der Waals surface area contributed by atoms with Gasteiger partial charge in [-0.05, 0) is 12.8 Å². The van der Waals surface area contributed by atoms with Crippen molar-refractivity contribution in [3.8, 4) is 0 Å². The highest BCUT2D eigenvalue weighted by Crippen LogP contribution is 2.28. The lowest BCUT2D eigenvalue weighted by atomic mass is 10.4. The Hall–Kier alpha value is -1.30. The molecule has 16 heavy (non-hydrogen) atoms. The molecule has 0 atom stereocenters. The van der Waals surface area contributed by atoms with Gasteiger partial charge in [0.25, 0.3) is 0 Å². The average Bonchev–Trinajstić information content (AvgIpc) is 3.04. The molecule has 1 saturated carbocycles. The zero-order valence-corrected chi connectivity index (χ0v) is 9.46. The Morgan fingerprint density at radius 1 is 1.44 bits per heavy atom. The summed E-state index contributed by atoms with van der Waals surface area (Å²) < 4.78 is 5.12. The number of nitrogens with one attached hydrogen (secondary N) is 2. The highest BCUT2D eigenvalue weighted by atomic mass is 35.5. The van der Waals surface area contributed by atoms with Crippen LogP contribution in [0.4, 0.5) is 6.01 Å². The minimum absolute atomic E-state index is 0.133. The molecule has 2 N–H and O–H groups in total. The molecule has 0 aromatic carbocycles. The summed E-state index contributed by atoms with van der Waals surface area (Å²) in [6, 6.07) is 0.330. The Kier molecular flexibility index (Phi) is 3.61. The van der Waals surface area contributed by atoms with Crippen LogP contribution < -0.4 is 10.6 Å². The zero-order valence-electron chi connectivity index (χ0n) is 8.70. The maximum Gasteiger partial charge on any atom is 0.315 e. The Morgan fingerprint density at radius 3 is 2.88 bits per heavy atom. The van der Waals surface area contributed by atoms with Crippen molar-refractivity contribution in [2.75, 3.05) is 18.4 Å². The fourth-order valence-corrected chi connectivity index (χ4v) is 1.33. The summed E-state index contributed by atoms with van der Waals surface area (Å²) in [7, 11) is 0. The number of anilines is 1. The normalized spacial score (nSPS) is 14.8. The molecule has 6 nitrogen and oxygen atoms in total. The van der Waals surface area contributed by atoms with Crippen LogP contribution in [0.3, 0.4) is 0 Å². The first-order valence-corrected chi connectivity index (χ1v) is 5.73. The summed E-state index contributed by atoms with van der Waals surface area (Å²) in [5.74, 6) is 0.957. The van der Waals surface area contributed by atoms with Gasteiger partial charge < -0.3 is 15.1 Å². The van der Waals surface area contributed by atoms with E-state index in [9.17, 15) is 4.79 Å². The summed E-state index contributed by atoms with van der Waals surface area (Å²) in [4.78, 5) is 11.3. The molecule has 1 aliphatic carbocycles. The van der Waals surface area contributed by atoms with Gasteiger partial charge in [-0.2, -0.15) is 0 Å². The number of hydrogen-bond donors (Lipinski definition) is 2. The van der Waals surface area contributed by atoms with E-state index in [-0.39, 0.29) is 17.7 Å². The third-order valence-electron chi connectivity index (χ3n) is 2.23. The third kappa shape index (κ3) is 3.10. The molecule has 2 rings (SSSR count). The summed E-state index contributed by atoms with van der Waals surface area (Å²) in [6.45, 7) is 1.11. The van der Waals surface area contributed by atoms with Crippen molar-refractivity contribution < 1.29 is 9.21 Å². The van der Waals surface area contributed by atoms with E-state index in [0.717, 1.165) is 12.8 Å². The first-order chi connectivity index (χ1) is 7.79. The first-order valence-electron chi connectivity index (χ1n) is 5.19. The molecule has 0 unspecified atom stereocenters. The predicted octanol–water partition coefficient (Wildman–Crippen LogP) is 0.746. The van der Waals surface area contributed by atoms with Crippen LogP contribution in [0.15, 0.2) is 4.42 Å². The molecule has 1 heterocycles. The van der Waals surface area contributed by atoms with Crippen LogP contribution in [0.25, 0.3) is 0 Å². The predicted molar refractivity (Wildman–Crippen MR) is 58.1 cm³/mol.